The molecule has 0 spiro atoms. The van der Waals surface area contributed by atoms with E-state index in [1.807, 2.05) is 18.2 Å². The van der Waals surface area contributed by atoms with Crippen molar-refractivity contribution >= 4 is 11.9 Å². The van der Waals surface area contributed by atoms with E-state index >= 15 is 0 Å². The standard InChI is InChI=1S/C14H19NO4/c1-9(2)11-5-4-6-12(7-11)19-8-13(16)15-10(3)14(17)18/h4-7,9-10H,8H2,1-3H3,(H,15,16)(H,17,18)/t10-/m1/s1. The zero-order valence-electron chi connectivity index (χ0n) is 11.3. The van der Waals surface area contributed by atoms with Crippen molar-refractivity contribution in [2.75, 3.05) is 6.61 Å². The molecule has 5 heteroatoms. The Balaban J connectivity index is 2.50. The van der Waals surface area contributed by atoms with Gasteiger partial charge in [-0.2, -0.15) is 0 Å². The number of carbonyl (C=O) groups excluding carboxylic acids is 1. The molecule has 0 radical (unpaired) electrons. The lowest BCUT2D eigenvalue weighted by Gasteiger charge is -2.11. The van der Waals surface area contributed by atoms with Crippen LogP contribution in [0.4, 0.5) is 0 Å². The third-order valence-corrected chi connectivity index (χ3v) is 2.64. The van der Waals surface area contributed by atoms with Gasteiger partial charge in [-0.1, -0.05) is 26.0 Å². The van der Waals surface area contributed by atoms with Gasteiger partial charge in [0.05, 0.1) is 0 Å². The molecule has 0 heterocycles. The molecule has 1 aromatic carbocycles. The summed E-state index contributed by atoms with van der Waals surface area (Å²) in [5.74, 6) is -0.547. The van der Waals surface area contributed by atoms with Gasteiger partial charge in [0.1, 0.15) is 11.8 Å². The first-order valence-corrected chi connectivity index (χ1v) is 6.15. The molecule has 0 unspecified atom stereocenters. The lowest BCUT2D eigenvalue weighted by atomic mass is 10.0. The second kappa shape index (κ2) is 6.78. The summed E-state index contributed by atoms with van der Waals surface area (Å²) in [6, 6.07) is 6.57. The van der Waals surface area contributed by atoms with Crippen molar-refractivity contribution in [3.63, 3.8) is 0 Å². The summed E-state index contributed by atoms with van der Waals surface area (Å²) >= 11 is 0. The van der Waals surface area contributed by atoms with E-state index in [4.69, 9.17) is 9.84 Å². The van der Waals surface area contributed by atoms with E-state index in [-0.39, 0.29) is 6.61 Å². The van der Waals surface area contributed by atoms with Gasteiger partial charge in [-0.25, -0.2) is 0 Å². The molecule has 0 saturated carbocycles. The summed E-state index contributed by atoms with van der Waals surface area (Å²) < 4.78 is 5.33. The van der Waals surface area contributed by atoms with Gasteiger partial charge >= 0.3 is 5.97 Å². The van der Waals surface area contributed by atoms with E-state index in [0.717, 1.165) is 5.56 Å². The van der Waals surface area contributed by atoms with Gasteiger partial charge in [-0.05, 0) is 30.5 Å². The van der Waals surface area contributed by atoms with Gasteiger partial charge in [0.25, 0.3) is 5.91 Å². The molecule has 0 aromatic heterocycles. The molecule has 1 rings (SSSR count). The second-order valence-corrected chi connectivity index (χ2v) is 4.64. The van der Waals surface area contributed by atoms with Gasteiger partial charge < -0.3 is 15.2 Å². The Morgan fingerprint density at radius 2 is 2.00 bits per heavy atom. The quantitative estimate of drug-likeness (QED) is 0.822. The fourth-order valence-electron chi connectivity index (χ4n) is 1.46. The maximum absolute atomic E-state index is 11.5. The Hall–Kier alpha value is -2.04. The molecule has 0 aliphatic heterocycles. The van der Waals surface area contributed by atoms with Gasteiger partial charge in [0, 0.05) is 0 Å². The Bertz CT molecular complexity index is 457. The number of benzene rings is 1. The first kappa shape index (κ1) is 15.0. The smallest absolute Gasteiger partial charge is 0.325 e. The van der Waals surface area contributed by atoms with E-state index in [1.165, 1.54) is 6.92 Å². The van der Waals surface area contributed by atoms with E-state index in [2.05, 4.69) is 19.2 Å². The zero-order valence-corrected chi connectivity index (χ0v) is 11.3. The van der Waals surface area contributed by atoms with E-state index < -0.39 is 17.9 Å². The summed E-state index contributed by atoms with van der Waals surface area (Å²) in [5.41, 5.74) is 1.12. The lowest BCUT2D eigenvalue weighted by Crippen LogP contribution is -2.40. The maximum atomic E-state index is 11.5. The van der Waals surface area contributed by atoms with Crippen LogP contribution in [-0.4, -0.2) is 29.6 Å². The Morgan fingerprint density at radius 3 is 2.58 bits per heavy atom. The first-order valence-electron chi connectivity index (χ1n) is 6.15. The molecular weight excluding hydrogens is 246 g/mol. The highest BCUT2D eigenvalue weighted by Gasteiger charge is 2.14. The van der Waals surface area contributed by atoms with Crippen molar-refractivity contribution in [3.8, 4) is 5.75 Å². The van der Waals surface area contributed by atoms with Crippen molar-refractivity contribution in [2.24, 2.45) is 0 Å². The van der Waals surface area contributed by atoms with Crippen LogP contribution in [0.15, 0.2) is 24.3 Å². The van der Waals surface area contributed by atoms with E-state index in [1.54, 1.807) is 6.07 Å². The second-order valence-electron chi connectivity index (χ2n) is 4.64. The summed E-state index contributed by atoms with van der Waals surface area (Å²) in [5, 5.41) is 11.0. The number of ether oxygens (including phenoxy) is 1. The molecule has 5 nitrogen and oxygen atoms in total. The molecule has 19 heavy (non-hydrogen) atoms. The fraction of sp³-hybridized carbons (Fsp3) is 0.429. The molecule has 104 valence electrons. The molecular formula is C14H19NO4. The minimum atomic E-state index is -1.07. The molecule has 2 N–H and O–H groups in total. The highest BCUT2D eigenvalue weighted by molar-refractivity contribution is 5.84. The number of hydrogen-bond acceptors (Lipinski definition) is 3. The number of carbonyl (C=O) groups is 2. The van der Waals surface area contributed by atoms with Crippen LogP contribution in [0.25, 0.3) is 0 Å². The monoisotopic (exact) mass is 265 g/mol. The number of carboxylic acid groups (broad SMARTS) is 1. The van der Waals surface area contributed by atoms with Gasteiger partial charge in [-0.15, -0.1) is 0 Å². The van der Waals surface area contributed by atoms with E-state index in [0.29, 0.717) is 11.7 Å². The number of rotatable bonds is 6. The summed E-state index contributed by atoms with van der Waals surface area (Å²) in [4.78, 5) is 22.0. The fourth-order valence-corrected chi connectivity index (χ4v) is 1.46. The van der Waals surface area contributed by atoms with Gasteiger partial charge in [0.2, 0.25) is 0 Å². The first-order chi connectivity index (χ1) is 8.90. The van der Waals surface area contributed by atoms with Crippen LogP contribution in [0.5, 0.6) is 5.75 Å². The van der Waals surface area contributed by atoms with E-state index in [9.17, 15) is 9.59 Å². The molecule has 1 amide bonds. The predicted octanol–water partition coefficient (Wildman–Crippen LogP) is 1.78. The SMILES string of the molecule is CC(C)c1cccc(OCC(=O)N[C@H](C)C(=O)O)c1. The molecule has 1 aromatic rings. The van der Waals surface area contributed by atoms with Crippen LogP contribution in [0.2, 0.25) is 0 Å². The number of aliphatic carboxylic acids is 1. The van der Waals surface area contributed by atoms with Crippen LogP contribution in [0.3, 0.4) is 0 Å². The average molecular weight is 265 g/mol. The summed E-state index contributed by atoms with van der Waals surface area (Å²) in [7, 11) is 0. The largest absolute Gasteiger partial charge is 0.484 e. The molecule has 0 aliphatic rings. The molecule has 0 bridgehead atoms. The Morgan fingerprint density at radius 1 is 1.32 bits per heavy atom. The third kappa shape index (κ3) is 4.99. The van der Waals surface area contributed by atoms with Crippen LogP contribution < -0.4 is 10.1 Å². The van der Waals surface area contributed by atoms with Crippen LogP contribution in [-0.2, 0) is 9.59 Å². The van der Waals surface area contributed by atoms with Gasteiger partial charge in [0.15, 0.2) is 6.61 Å². The van der Waals surface area contributed by atoms with Crippen LogP contribution in [0, 0.1) is 0 Å². The maximum Gasteiger partial charge on any atom is 0.325 e. The minimum Gasteiger partial charge on any atom is -0.484 e. The van der Waals surface area contributed by atoms with Gasteiger partial charge in [-0.3, -0.25) is 9.59 Å². The van der Waals surface area contributed by atoms with Crippen LogP contribution in [0.1, 0.15) is 32.3 Å². The third-order valence-electron chi connectivity index (χ3n) is 2.64. The topological polar surface area (TPSA) is 75.6 Å². The number of carboxylic acids is 1. The van der Waals surface area contributed by atoms with Crippen LogP contribution >= 0.6 is 0 Å². The summed E-state index contributed by atoms with van der Waals surface area (Å²) in [6.07, 6.45) is 0. The van der Waals surface area contributed by atoms with Crippen molar-refractivity contribution in [1.82, 2.24) is 5.32 Å². The Labute approximate surface area is 112 Å². The highest BCUT2D eigenvalue weighted by Crippen LogP contribution is 2.19. The molecule has 0 fully saturated rings. The average Bonchev–Trinajstić information content (AvgIpc) is 2.36. The van der Waals surface area contributed by atoms with Crippen molar-refractivity contribution in [1.29, 1.82) is 0 Å². The zero-order chi connectivity index (χ0) is 14.4. The lowest BCUT2D eigenvalue weighted by molar-refractivity contribution is -0.141. The number of amides is 1. The number of nitrogens with one attached hydrogen (secondary N) is 1. The number of hydrogen-bond donors (Lipinski definition) is 2. The van der Waals surface area contributed by atoms with Crippen molar-refractivity contribution < 1.29 is 19.4 Å². The molecule has 0 saturated heterocycles. The summed E-state index contributed by atoms with van der Waals surface area (Å²) in [6.45, 7) is 5.35. The highest BCUT2D eigenvalue weighted by atomic mass is 16.5. The molecule has 1 atom stereocenters. The minimum absolute atomic E-state index is 0.195. The van der Waals surface area contributed by atoms with Crippen molar-refractivity contribution in [3.05, 3.63) is 29.8 Å². The molecule has 0 aliphatic carbocycles. The Kier molecular flexibility index (Phi) is 5.36. The van der Waals surface area contributed by atoms with Crippen molar-refractivity contribution in [2.45, 2.75) is 32.7 Å². The predicted molar refractivity (Wildman–Crippen MR) is 71.3 cm³/mol. The normalized spacial score (nSPS) is 12.0.